The first-order valence-electron chi connectivity index (χ1n) is 13.8. The smallest absolute Gasteiger partial charge is 0.222 e. The quantitative estimate of drug-likeness (QED) is 0.166. The van der Waals surface area contributed by atoms with Crippen molar-refractivity contribution in [3.63, 3.8) is 0 Å². The Labute approximate surface area is 220 Å². The Kier molecular flexibility index (Phi) is 14.9. The van der Waals surface area contributed by atoms with E-state index in [1.54, 1.807) is 11.8 Å². The van der Waals surface area contributed by atoms with Crippen LogP contribution < -0.4 is 5.32 Å². The van der Waals surface area contributed by atoms with E-state index in [-0.39, 0.29) is 30.6 Å². The predicted molar refractivity (Wildman–Crippen MR) is 135 cm³/mol. The van der Waals surface area contributed by atoms with Crippen molar-refractivity contribution in [2.45, 2.75) is 108 Å². The minimum Gasteiger partial charge on any atom is -0.394 e. The maximum absolute atomic E-state index is 12.5. The number of aliphatic hydroxyl groups excluding tert-OH is 4. The van der Waals surface area contributed by atoms with Crippen LogP contribution in [-0.4, -0.2) is 113 Å². The van der Waals surface area contributed by atoms with Gasteiger partial charge < -0.3 is 44.9 Å². The van der Waals surface area contributed by atoms with Crippen LogP contribution in [0.1, 0.15) is 71.6 Å². The molecule has 2 aliphatic rings. The van der Waals surface area contributed by atoms with Gasteiger partial charge in [-0.3, -0.25) is 9.59 Å². The molecule has 2 saturated heterocycles. The Morgan fingerprint density at radius 3 is 2.41 bits per heavy atom. The molecule has 0 aromatic rings. The van der Waals surface area contributed by atoms with E-state index in [0.717, 1.165) is 38.5 Å². The lowest BCUT2D eigenvalue weighted by molar-refractivity contribution is -0.282. The summed E-state index contributed by atoms with van der Waals surface area (Å²) in [6.07, 6.45) is 2.55. The summed E-state index contributed by atoms with van der Waals surface area (Å²) >= 11 is 0. The molecule has 5 N–H and O–H groups in total. The van der Waals surface area contributed by atoms with Crippen LogP contribution in [0.2, 0.25) is 0 Å². The number of carbonyl (C=O) groups is 2. The van der Waals surface area contributed by atoms with Gasteiger partial charge in [-0.15, -0.1) is 0 Å². The van der Waals surface area contributed by atoms with Gasteiger partial charge in [0.2, 0.25) is 11.8 Å². The summed E-state index contributed by atoms with van der Waals surface area (Å²) in [4.78, 5) is 26.3. The van der Waals surface area contributed by atoms with Crippen LogP contribution in [0.15, 0.2) is 0 Å². The summed E-state index contributed by atoms with van der Waals surface area (Å²) in [7, 11) is 0. The molecule has 7 atom stereocenters. The number of nitrogens with one attached hydrogen (secondary N) is 1. The number of hydrogen-bond acceptors (Lipinski definition) is 9. The normalized spacial score (nSPS) is 30.0. The molecule has 0 aromatic heterocycles. The van der Waals surface area contributed by atoms with Crippen molar-refractivity contribution in [3.8, 4) is 0 Å². The number of ether oxygens (including phenoxy) is 3. The van der Waals surface area contributed by atoms with E-state index in [9.17, 15) is 30.0 Å². The van der Waals surface area contributed by atoms with E-state index in [2.05, 4.69) is 5.32 Å². The molecule has 2 unspecified atom stereocenters. The van der Waals surface area contributed by atoms with E-state index in [0.29, 0.717) is 45.6 Å². The number of aliphatic hydroxyl groups is 4. The van der Waals surface area contributed by atoms with Crippen LogP contribution in [0.3, 0.4) is 0 Å². The maximum Gasteiger partial charge on any atom is 0.222 e. The zero-order valence-electron chi connectivity index (χ0n) is 22.4. The van der Waals surface area contributed by atoms with Crippen molar-refractivity contribution < 1.29 is 44.2 Å². The Morgan fingerprint density at radius 1 is 0.973 bits per heavy atom. The zero-order chi connectivity index (χ0) is 27.2. The average Bonchev–Trinajstić information content (AvgIpc) is 3.31. The number of carbonyl (C=O) groups excluding carboxylic acids is 2. The molecular weight excluding hydrogens is 484 g/mol. The van der Waals surface area contributed by atoms with E-state index >= 15 is 0 Å². The number of amides is 2. The van der Waals surface area contributed by atoms with Gasteiger partial charge in [0.15, 0.2) is 6.29 Å². The zero-order valence-corrected chi connectivity index (χ0v) is 22.4. The second-order valence-electron chi connectivity index (χ2n) is 10.1. The predicted octanol–water partition coefficient (Wildman–Crippen LogP) is 0.313. The lowest BCUT2D eigenvalue weighted by Crippen LogP contribution is -2.55. The highest BCUT2D eigenvalue weighted by Crippen LogP contribution is 2.27. The monoisotopic (exact) mass is 532 g/mol. The van der Waals surface area contributed by atoms with Crippen LogP contribution in [-0.2, 0) is 23.8 Å². The van der Waals surface area contributed by atoms with Gasteiger partial charge >= 0.3 is 0 Å². The number of likely N-dealkylation sites (tertiary alicyclic amines) is 1. The molecule has 0 spiro atoms. The Bertz CT molecular complexity index is 666. The van der Waals surface area contributed by atoms with Gasteiger partial charge in [0.05, 0.1) is 31.5 Å². The first-order valence-corrected chi connectivity index (χ1v) is 13.8. The molecule has 11 heteroatoms. The number of nitrogens with zero attached hydrogens (tertiary/aromatic N) is 1. The minimum atomic E-state index is -1.13. The molecule has 2 amide bonds. The highest BCUT2D eigenvalue weighted by molar-refractivity contribution is 5.77. The van der Waals surface area contributed by atoms with Gasteiger partial charge in [-0.2, -0.15) is 0 Å². The van der Waals surface area contributed by atoms with Crippen molar-refractivity contribution >= 4 is 11.8 Å². The van der Waals surface area contributed by atoms with E-state index < -0.39 is 37.1 Å². The van der Waals surface area contributed by atoms with Crippen molar-refractivity contribution in [2.75, 3.05) is 39.5 Å². The topological polar surface area (TPSA) is 158 Å². The van der Waals surface area contributed by atoms with Crippen LogP contribution in [0, 0.1) is 5.92 Å². The third kappa shape index (κ3) is 10.4. The van der Waals surface area contributed by atoms with Gasteiger partial charge in [-0.05, 0) is 39.0 Å². The summed E-state index contributed by atoms with van der Waals surface area (Å²) in [6.45, 7) is 5.36. The summed E-state index contributed by atoms with van der Waals surface area (Å²) < 4.78 is 16.8. The Morgan fingerprint density at radius 2 is 1.70 bits per heavy atom. The Hall–Kier alpha value is -1.34. The van der Waals surface area contributed by atoms with E-state index in [1.807, 2.05) is 6.92 Å². The molecule has 2 rings (SSSR count). The fraction of sp³-hybridized carbons (Fsp3) is 0.923. The number of unbranched alkanes of at least 4 members (excludes halogenated alkanes) is 4. The fourth-order valence-corrected chi connectivity index (χ4v) is 4.92. The lowest BCUT2D eigenvalue weighted by atomic mass is 9.92. The van der Waals surface area contributed by atoms with Gasteiger partial charge in [0.25, 0.3) is 0 Å². The standard InChI is InChI=1S/C26H48N2O9/c1-3-35-20-14-19(16-29)28(15-20)23(32)11-7-4-8-12-27-22(31)10-6-5-9-13-36-26-18(2)24(33)25(34)21(17-30)37-26/h18-21,24-26,29-30,33-34H,3-17H2,1-2H3,(H,27,31)/t18?,19-,20+,21?,24+,25-,26+/m0/s1. The molecular formula is C26H48N2O9. The lowest BCUT2D eigenvalue weighted by Gasteiger charge is -2.40. The van der Waals surface area contributed by atoms with Crippen LogP contribution >= 0.6 is 0 Å². The highest BCUT2D eigenvalue weighted by atomic mass is 16.7. The molecule has 0 bridgehead atoms. The highest BCUT2D eigenvalue weighted by Gasteiger charge is 2.42. The first kappa shape index (κ1) is 31.9. The van der Waals surface area contributed by atoms with Crippen molar-refractivity contribution in [2.24, 2.45) is 5.92 Å². The molecule has 11 nitrogen and oxygen atoms in total. The summed E-state index contributed by atoms with van der Waals surface area (Å²) in [5, 5.41) is 41.7. The van der Waals surface area contributed by atoms with Crippen LogP contribution in [0.5, 0.6) is 0 Å². The largest absolute Gasteiger partial charge is 0.394 e. The molecule has 37 heavy (non-hydrogen) atoms. The average molecular weight is 533 g/mol. The van der Waals surface area contributed by atoms with Crippen LogP contribution in [0.4, 0.5) is 0 Å². The number of rotatable bonds is 17. The fourth-order valence-electron chi connectivity index (χ4n) is 4.92. The van der Waals surface area contributed by atoms with Gasteiger partial charge in [-0.25, -0.2) is 0 Å². The Balaban J connectivity index is 1.46. The molecule has 2 heterocycles. The third-order valence-electron chi connectivity index (χ3n) is 7.22. The molecule has 0 radical (unpaired) electrons. The van der Waals surface area contributed by atoms with Gasteiger partial charge in [0.1, 0.15) is 12.2 Å². The summed E-state index contributed by atoms with van der Waals surface area (Å²) in [5.74, 6) is -0.346. The molecule has 2 fully saturated rings. The molecule has 0 saturated carbocycles. The second-order valence-corrected chi connectivity index (χ2v) is 10.1. The SMILES string of the molecule is CCO[C@@H]1C[C@@H](CO)N(C(=O)CCCCCNC(=O)CCCCCO[C@@H]2OC(CO)[C@H](O)[C@H](O)C2C)C1. The molecule has 0 aliphatic carbocycles. The minimum absolute atomic E-state index is 0.00656. The third-order valence-corrected chi connectivity index (χ3v) is 7.22. The maximum atomic E-state index is 12.5. The summed E-state index contributed by atoms with van der Waals surface area (Å²) in [6, 6.07) is -0.153. The summed E-state index contributed by atoms with van der Waals surface area (Å²) in [5.41, 5.74) is 0. The second kappa shape index (κ2) is 17.3. The van der Waals surface area contributed by atoms with Crippen LogP contribution in [0.25, 0.3) is 0 Å². The van der Waals surface area contributed by atoms with E-state index in [4.69, 9.17) is 14.2 Å². The van der Waals surface area contributed by atoms with Gasteiger partial charge in [0, 0.05) is 45.1 Å². The molecule has 216 valence electrons. The van der Waals surface area contributed by atoms with Crippen molar-refractivity contribution in [1.82, 2.24) is 10.2 Å². The number of hydrogen-bond donors (Lipinski definition) is 5. The van der Waals surface area contributed by atoms with Crippen molar-refractivity contribution in [3.05, 3.63) is 0 Å². The van der Waals surface area contributed by atoms with E-state index in [1.165, 1.54) is 0 Å². The van der Waals surface area contributed by atoms with Crippen molar-refractivity contribution in [1.29, 1.82) is 0 Å². The van der Waals surface area contributed by atoms with Gasteiger partial charge in [-0.1, -0.05) is 19.8 Å². The molecule has 0 aromatic carbocycles. The molecule has 2 aliphatic heterocycles. The first-order chi connectivity index (χ1) is 17.8.